The van der Waals surface area contributed by atoms with Gasteiger partial charge in [-0.05, 0) is 25.5 Å². The molecule has 0 aliphatic carbocycles. The number of ether oxygens (including phenoxy) is 1. The van der Waals surface area contributed by atoms with Crippen molar-refractivity contribution in [2.75, 3.05) is 44.4 Å². The van der Waals surface area contributed by atoms with Gasteiger partial charge < -0.3 is 10.1 Å². The fourth-order valence-corrected chi connectivity index (χ4v) is 3.58. The molecule has 0 spiro atoms. The fourth-order valence-electron chi connectivity index (χ4n) is 2.50. The molecule has 0 aromatic carbocycles. The summed E-state index contributed by atoms with van der Waals surface area (Å²) in [4.78, 5) is 2.51. The summed E-state index contributed by atoms with van der Waals surface area (Å²) in [7, 11) is 0. The summed E-state index contributed by atoms with van der Waals surface area (Å²) < 4.78 is 5.37. The van der Waals surface area contributed by atoms with Crippen LogP contribution in [-0.4, -0.2) is 61.3 Å². The van der Waals surface area contributed by atoms with Gasteiger partial charge in [0.2, 0.25) is 0 Å². The normalized spacial score (nSPS) is 30.2. The van der Waals surface area contributed by atoms with Crippen molar-refractivity contribution in [2.24, 2.45) is 0 Å². The Balaban J connectivity index is 1.64. The summed E-state index contributed by atoms with van der Waals surface area (Å²) in [5.74, 6) is 2.66. The molecule has 94 valence electrons. The van der Waals surface area contributed by atoms with Crippen LogP contribution in [0, 0.1) is 0 Å². The Morgan fingerprint density at radius 1 is 1.44 bits per heavy atom. The second kappa shape index (κ2) is 6.84. The Morgan fingerprint density at radius 2 is 2.25 bits per heavy atom. The standard InChI is InChI=1S/C12H24N2OS/c1-11(9-14-4-6-15-7-5-14)13-12-3-2-8-16-10-12/h11-13H,2-10H2,1H3. The lowest BCUT2D eigenvalue weighted by molar-refractivity contribution is 0.0339. The summed E-state index contributed by atoms with van der Waals surface area (Å²) in [5, 5.41) is 3.76. The molecule has 16 heavy (non-hydrogen) atoms. The topological polar surface area (TPSA) is 24.5 Å². The van der Waals surface area contributed by atoms with Crippen LogP contribution in [0.2, 0.25) is 0 Å². The number of nitrogens with one attached hydrogen (secondary N) is 1. The van der Waals surface area contributed by atoms with Crippen LogP contribution in [0.3, 0.4) is 0 Å². The van der Waals surface area contributed by atoms with Crippen molar-refractivity contribution >= 4 is 11.8 Å². The minimum atomic E-state index is 0.613. The van der Waals surface area contributed by atoms with E-state index in [-0.39, 0.29) is 0 Å². The van der Waals surface area contributed by atoms with Crippen molar-refractivity contribution in [3.8, 4) is 0 Å². The molecule has 2 unspecified atom stereocenters. The highest BCUT2D eigenvalue weighted by molar-refractivity contribution is 7.99. The lowest BCUT2D eigenvalue weighted by Crippen LogP contribution is -2.48. The van der Waals surface area contributed by atoms with E-state index < -0.39 is 0 Å². The summed E-state index contributed by atoms with van der Waals surface area (Å²) in [6, 6.07) is 1.36. The van der Waals surface area contributed by atoms with Gasteiger partial charge in [-0.25, -0.2) is 0 Å². The molecule has 2 fully saturated rings. The molecule has 1 N–H and O–H groups in total. The first-order valence-electron chi connectivity index (χ1n) is 6.48. The third-order valence-electron chi connectivity index (χ3n) is 3.32. The largest absolute Gasteiger partial charge is 0.379 e. The Bertz CT molecular complexity index is 171. The molecule has 0 radical (unpaired) electrons. The Hall–Kier alpha value is 0.230. The van der Waals surface area contributed by atoms with Crippen LogP contribution in [0.15, 0.2) is 0 Å². The van der Waals surface area contributed by atoms with Crippen molar-refractivity contribution in [3.05, 3.63) is 0 Å². The van der Waals surface area contributed by atoms with Gasteiger partial charge >= 0.3 is 0 Å². The molecule has 2 aliphatic rings. The predicted molar refractivity (Wildman–Crippen MR) is 70.2 cm³/mol. The number of morpholine rings is 1. The van der Waals surface area contributed by atoms with Gasteiger partial charge in [-0.15, -0.1) is 0 Å². The average Bonchev–Trinajstić information content (AvgIpc) is 2.31. The Labute approximate surface area is 103 Å². The quantitative estimate of drug-likeness (QED) is 0.803. The van der Waals surface area contributed by atoms with Crippen LogP contribution < -0.4 is 5.32 Å². The van der Waals surface area contributed by atoms with E-state index in [0.717, 1.165) is 32.3 Å². The first kappa shape index (κ1) is 12.7. The predicted octanol–water partition coefficient (Wildman–Crippen LogP) is 1.19. The Morgan fingerprint density at radius 3 is 2.94 bits per heavy atom. The van der Waals surface area contributed by atoms with E-state index in [1.54, 1.807) is 0 Å². The number of nitrogens with zero attached hydrogens (tertiary/aromatic N) is 1. The first-order valence-corrected chi connectivity index (χ1v) is 7.64. The Kier molecular flexibility index (Phi) is 5.42. The molecule has 0 aromatic rings. The van der Waals surface area contributed by atoms with Crippen molar-refractivity contribution in [2.45, 2.75) is 31.8 Å². The molecule has 4 heteroatoms. The molecule has 3 nitrogen and oxygen atoms in total. The summed E-state index contributed by atoms with van der Waals surface area (Å²) >= 11 is 2.09. The number of hydrogen-bond donors (Lipinski definition) is 1. The van der Waals surface area contributed by atoms with Crippen molar-refractivity contribution in [1.29, 1.82) is 0 Å². The van der Waals surface area contributed by atoms with E-state index in [0.29, 0.717) is 6.04 Å². The lowest BCUT2D eigenvalue weighted by Gasteiger charge is -2.32. The molecule has 0 bridgehead atoms. The van der Waals surface area contributed by atoms with E-state index in [1.807, 2.05) is 0 Å². The van der Waals surface area contributed by atoms with E-state index in [4.69, 9.17) is 4.74 Å². The maximum absolute atomic E-state index is 5.37. The van der Waals surface area contributed by atoms with Crippen LogP contribution in [0.1, 0.15) is 19.8 Å². The smallest absolute Gasteiger partial charge is 0.0594 e. The van der Waals surface area contributed by atoms with Crippen LogP contribution in [0.5, 0.6) is 0 Å². The van der Waals surface area contributed by atoms with Crippen LogP contribution in [0.25, 0.3) is 0 Å². The second-order valence-electron chi connectivity index (χ2n) is 4.89. The first-order chi connectivity index (χ1) is 7.84. The van der Waals surface area contributed by atoms with Gasteiger partial charge in [0.15, 0.2) is 0 Å². The highest BCUT2D eigenvalue weighted by atomic mass is 32.2. The van der Waals surface area contributed by atoms with Crippen LogP contribution >= 0.6 is 11.8 Å². The van der Waals surface area contributed by atoms with Gasteiger partial charge in [-0.1, -0.05) is 0 Å². The average molecular weight is 244 g/mol. The second-order valence-corrected chi connectivity index (χ2v) is 6.04. The SMILES string of the molecule is CC(CN1CCOCC1)NC1CCCSC1. The van der Waals surface area contributed by atoms with Crippen LogP contribution in [-0.2, 0) is 4.74 Å². The molecular formula is C12H24N2OS. The van der Waals surface area contributed by atoms with E-state index in [2.05, 4.69) is 28.9 Å². The van der Waals surface area contributed by atoms with Gasteiger partial charge in [0.1, 0.15) is 0 Å². The molecule has 2 aliphatic heterocycles. The monoisotopic (exact) mass is 244 g/mol. The van der Waals surface area contributed by atoms with Crippen molar-refractivity contribution in [1.82, 2.24) is 10.2 Å². The highest BCUT2D eigenvalue weighted by Crippen LogP contribution is 2.17. The van der Waals surface area contributed by atoms with Gasteiger partial charge in [0.05, 0.1) is 13.2 Å². The lowest BCUT2D eigenvalue weighted by atomic mass is 10.1. The fraction of sp³-hybridized carbons (Fsp3) is 1.00. The minimum Gasteiger partial charge on any atom is -0.379 e. The summed E-state index contributed by atoms with van der Waals surface area (Å²) in [5.41, 5.74) is 0. The van der Waals surface area contributed by atoms with E-state index in [9.17, 15) is 0 Å². The molecule has 2 saturated heterocycles. The third-order valence-corrected chi connectivity index (χ3v) is 4.53. The molecule has 2 heterocycles. The van der Waals surface area contributed by atoms with Gasteiger partial charge in [-0.2, -0.15) is 11.8 Å². The maximum Gasteiger partial charge on any atom is 0.0594 e. The highest BCUT2D eigenvalue weighted by Gasteiger charge is 2.18. The molecule has 0 aromatic heterocycles. The molecule has 0 amide bonds. The third kappa shape index (κ3) is 4.24. The van der Waals surface area contributed by atoms with Crippen LogP contribution in [0.4, 0.5) is 0 Å². The minimum absolute atomic E-state index is 0.613. The molecule has 0 saturated carbocycles. The zero-order chi connectivity index (χ0) is 11.2. The van der Waals surface area contributed by atoms with E-state index in [1.165, 1.54) is 30.9 Å². The zero-order valence-corrected chi connectivity index (χ0v) is 11.1. The number of thioether (sulfide) groups is 1. The van der Waals surface area contributed by atoms with Gasteiger partial charge in [0.25, 0.3) is 0 Å². The summed E-state index contributed by atoms with van der Waals surface area (Å²) in [6.45, 7) is 7.51. The summed E-state index contributed by atoms with van der Waals surface area (Å²) in [6.07, 6.45) is 2.74. The zero-order valence-electron chi connectivity index (χ0n) is 10.3. The molecule has 2 atom stereocenters. The van der Waals surface area contributed by atoms with Crippen molar-refractivity contribution < 1.29 is 4.74 Å². The van der Waals surface area contributed by atoms with Gasteiger partial charge in [-0.3, -0.25) is 4.90 Å². The number of rotatable bonds is 4. The van der Waals surface area contributed by atoms with Gasteiger partial charge in [0, 0.05) is 37.5 Å². The van der Waals surface area contributed by atoms with E-state index >= 15 is 0 Å². The molecular weight excluding hydrogens is 220 g/mol. The van der Waals surface area contributed by atoms with Crippen molar-refractivity contribution in [3.63, 3.8) is 0 Å². The maximum atomic E-state index is 5.37. The molecule has 2 rings (SSSR count). The number of hydrogen-bond acceptors (Lipinski definition) is 4.